The van der Waals surface area contributed by atoms with Crippen LogP contribution in [0.3, 0.4) is 0 Å². The highest BCUT2D eigenvalue weighted by atomic mass is 16.7. The highest BCUT2D eigenvalue weighted by Gasteiger charge is 2.76. The van der Waals surface area contributed by atoms with Gasteiger partial charge in [0.2, 0.25) is 5.91 Å². The van der Waals surface area contributed by atoms with Crippen LogP contribution in [0.15, 0.2) is 34.9 Å². The maximum absolute atomic E-state index is 12.0. The van der Waals surface area contributed by atoms with Crippen molar-refractivity contribution in [3.05, 3.63) is 36.1 Å². The van der Waals surface area contributed by atoms with E-state index in [-0.39, 0.29) is 28.5 Å². The molecule has 3 unspecified atom stereocenters. The number of hydrogen-bond acceptors (Lipinski definition) is 4. The predicted molar refractivity (Wildman–Crippen MR) is 108 cm³/mol. The van der Waals surface area contributed by atoms with Gasteiger partial charge in [-0.15, -0.1) is 0 Å². The monoisotopic (exact) mass is 381 g/mol. The molecule has 2 bridgehead atoms. The number of rotatable bonds is 4. The molecule has 6 heteroatoms. The predicted octanol–water partition coefficient (Wildman–Crippen LogP) is 3.89. The Bertz CT molecular complexity index is 940. The summed E-state index contributed by atoms with van der Waals surface area (Å²) in [7, 11) is -0.458. The molecule has 0 radical (unpaired) electrons. The van der Waals surface area contributed by atoms with Crippen LogP contribution in [0.4, 0.5) is 0 Å². The average Bonchev–Trinajstić information content (AvgIpc) is 3.20. The largest absolute Gasteiger partial charge is 0.482 e. The van der Waals surface area contributed by atoms with Crippen molar-refractivity contribution in [1.29, 1.82) is 0 Å². The quantitative estimate of drug-likeness (QED) is 0.817. The fraction of sp³-hybridized carbons (Fsp3) is 0.591. The zero-order valence-corrected chi connectivity index (χ0v) is 17.1. The number of amides is 1. The molecule has 1 saturated heterocycles. The molecular formula is C22H28BNO4. The van der Waals surface area contributed by atoms with Gasteiger partial charge in [-0.2, -0.15) is 0 Å². The van der Waals surface area contributed by atoms with E-state index in [4.69, 9.17) is 13.7 Å². The molecule has 2 heterocycles. The maximum Gasteiger partial charge on any atom is 0.482 e. The van der Waals surface area contributed by atoms with Crippen LogP contribution in [0.1, 0.15) is 52.5 Å². The van der Waals surface area contributed by atoms with Crippen LogP contribution in [0.2, 0.25) is 0 Å². The van der Waals surface area contributed by atoms with Crippen molar-refractivity contribution >= 4 is 24.0 Å². The van der Waals surface area contributed by atoms with Crippen LogP contribution in [0.5, 0.6) is 0 Å². The molecule has 148 valence electrons. The summed E-state index contributed by atoms with van der Waals surface area (Å²) < 4.78 is 19.0. The highest BCUT2D eigenvalue weighted by Crippen LogP contribution is 2.70. The third-order valence-corrected chi connectivity index (χ3v) is 7.83. The van der Waals surface area contributed by atoms with Crippen LogP contribution < -0.4 is 5.32 Å². The third-order valence-electron chi connectivity index (χ3n) is 7.83. The summed E-state index contributed by atoms with van der Waals surface area (Å²) in [6.07, 6.45) is 5.63. The maximum atomic E-state index is 12.0. The molecule has 4 fully saturated rings. The Labute approximate surface area is 166 Å². The van der Waals surface area contributed by atoms with E-state index in [1.165, 1.54) is 6.42 Å². The first-order valence-corrected chi connectivity index (χ1v) is 10.3. The number of benzene rings is 1. The zero-order valence-electron chi connectivity index (χ0n) is 17.1. The van der Waals surface area contributed by atoms with E-state index < -0.39 is 7.12 Å². The van der Waals surface area contributed by atoms with Gasteiger partial charge in [0.05, 0.1) is 23.4 Å². The van der Waals surface area contributed by atoms with Gasteiger partial charge in [-0.25, -0.2) is 0 Å². The number of fused-ring (bicyclic) bond motifs is 2. The molecule has 28 heavy (non-hydrogen) atoms. The Morgan fingerprint density at radius 1 is 1.29 bits per heavy atom. The fourth-order valence-corrected chi connectivity index (χ4v) is 6.10. The summed E-state index contributed by atoms with van der Waals surface area (Å²) in [5, 5.41) is 4.15. The second-order valence-electron chi connectivity index (χ2n) is 9.59. The summed E-state index contributed by atoms with van der Waals surface area (Å²) in [6.45, 7) is 8.36. The van der Waals surface area contributed by atoms with Crippen molar-refractivity contribution in [1.82, 2.24) is 5.32 Å². The Hall–Kier alpha value is -1.79. The minimum absolute atomic E-state index is 0.0757. The molecule has 1 aromatic heterocycles. The van der Waals surface area contributed by atoms with Gasteiger partial charge in [0.15, 0.2) is 0 Å². The van der Waals surface area contributed by atoms with E-state index in [2.05, 4.69) is 32.2 Å². The third kappa shape index (κ3) is 2.31. The highest BCUT2D eigenvalue weighted by molar-refractivity contribution is 6.48. The lowest BCUT2D eigenvalue weighted by Crippen LogP contribution is -2.73. The van der Waals surface area contributed by atoms with Crippen molar-refractivity contribution in [3.63, 3.8) is 0 Å². The normalized spacial score (nSPS) is 34.0. The topological polar surface area (TPSA) is 60.7 Å². The fourth-order valence-electron chi connectivity index (χ4n) is 6.10. The molecular weight excluding hydrogens is 353 g/mol. The lowest BCUT2D eigenvalue weighted by atomic mass is 9.41. The van der Waals surface area contributed by atoms with Gasteiger partial charge >= 0.3 is 7.12 Å². The van der Waals surface area contributed by atoms with Crippen LogP contribution in [0.25, 0.3) is 11.0 Å². The zero-order chi connectivity index (χ0) is 19.7. The van der Waals surface area contributed by atoms with Gasteiger partial charge in [0.1, 0.15) is 5.58 Å². The first kappa shape index (κ1) is 18.3. The van der Waals surface area contributed by atoms with E-state index in [9.17, 15) is 4.79 Å². The minimum Gasteiger partial charge on any atom is -0.464 e. The van der Waals surface area contributed by atoms with Crippen molar-refractivity contribution in [3.8, 4) is 0 Å². The van der Waals surface area contributed by atoms with Crippen LogP contribution in [-0.4, -0.2) is 30.2 Å². The smallest absolute Gasteiger partial charge is 0.464 e. The standard InChI is InChI=1S/C22H28BNO4/c1-14(25)24-19(11-15-13-26-18-8-6-5-7-17(15)18)23-27-21(4)10-9-16-12-22(21,28-23)20(16,2)3/h5-8,13,16,19H,9-12H2,1-4H3,(H,24,25)/t16?,19-,21?,22?/m0/s1. The molecule has 3 saturated carbocycles. The second-order valence-corrected chi connectivity index (χ2v) is 9.59. The summed E-state index contributed by atoms with van der Waals surface area (Å²) in [5.74, 6) is 0.360. The molecule has 6 rings (SSSR count). The molecule has 1 N–H and O–H groups in total. The first-order chi connectivity index (χ1) is 13.3. The molecule has 1 aliphatic heterocycles. The van der Waals surface area contributed by atoms with Gasteiger partial charge in [-0.3, -0.25) is 4.79 Å². The molecule has 4 atom stereocenters. The van der Waals surface area contributed by atoms with E-state index >= 15 is 0 Å². The van der Waals surface area contributed by atoms with Crippen molar-refractivity contribution in [2.45, 2.75) is 70.5 Å². The van der Waals surface area contributed by atoms with Gasteiger partial charge < -0.3 is 19.0 Å². The minimum atomic E-state index is -0.458. The van der Waals surface area contributed by atoms with E-state index in [1.807, 2.05) is 18.2 Å². The number of carbonyl (C=O) groups is 1. The molecule has 3 aliphatic carbocycles. The lowest BCUT2D eigenvalue weighted by molar-refractivity contribution is -0.257. The average molecular weight is 381 g/mol. The Balaban J connectivity index is 1.46. The summed E-state index contributed by atoms with van der Waals surface area (Å²) >= 11 is 0. The van der Waals surface area contributed by atoms with Crippen LogP contribution in [-0.2, 0) is 20.5 Å². The number of nitrogens with one attached hydrogen (secondary N) is 1. The second kappa shape index (κ2) is 5.86. The SMILES string of the molecule is CC(=O)N[C@@H](Cc1coc2ccccc12)B1OC2(C)CCC3CC2(O1)C3(C)C. The van der Waals surface area contributed by atoms with Crippen molar-refractivity contribution in [2.24, 2.45) is 11.3 Å². The van der Waals surface area contributed by atoms with Crippen molar-refractivity contribution < 1.29 is 18.5 Å². The van der Waals surface area contributed by atoms with Crippen molar-refractivity contribution in [2.75, 3.05) is 0 Å². The van der Waals surface area contributed by atoms with Crippen LogP contribution >= 0.6 is 0 Å². The van der Waals surface area contributed by atoms with E-state index in [1.54, 1.807) is 13.2 Å². The number of hydrogen-bond donors (Lipinski definition) is 1. The van der Waals surface area contributed by atoms with Gasteiger partial charge in [-0.05, 0) is 55.6 Å². The number of para-hydroxylation sites is 1. The number of carbonyl (C=O) groups excluding carboxylic acids is 1. The molecule has 4 aliphatic rings. The molecule has 1 spiro atoms. The molecule has 1 amide bonds. The first-order valence-electron chi connectivity index (χ1n) is 10.3. The lowest BCUT2D eigenvalue weighted by Gasteiger charge is -2.69. The van der Waals surface area contributed by atoms with Gasteiger partial charge in [0, 0.05) is 12.3 Å². The summed E-state index contributed by atoms with van der Waals surface area (Å²) in [4.78, 5) is 12.0. The molecule has 2 aromatic rings. The van der Waals surface area contributed by atoms with E-state index in [0.29, 0.717) is 12.3 Å². The molecule has 1 aromatic carbocycles. The Kier molecular flexibility index (Phi) is 3.82. The van der Waals surface area contributed by atoms with E-state index in [0.717, 1.165) is 29.4 Å². The van der Waals surface area contributed by atoms with Gasteiger partial charge in [-0.1, -0.05) is 32.0 Å². The van der Waals surface area contributed by atoms with Crippen LogP contribution in [0, 0.1) is 11.3 Å². The van der Waals surface area contributed by atoms with Gasteiger partial charge in [0.25, 0.3) is 0 Å². The number of furan rings is 1. The molecule has 5 nitrogen and oxygen atoms in total. The Morgan fingerprint density at radius 3 is 2.79 bits per heavy atom. The summed E-state index contributed by atoms with van der Waals surface area (Å²) in [5.41, 5.74) is 1.45. The Morgan fingerprint density at radius 2 is 2.07 bits per heavy atom. The summed E-state index contributed by atoms with van der Waals surface area (Å²) in [6, 6.07) is 7.97.